The molecule has 3 aromatic rings. The van der Waals surface area contributed by atoms with Gasteiger partial charge in [-0.3, -0.25) is 9.69 Å². The van der Waals surface area contributed by atoms with Crippen molar-refractivity contribution in [1.82, 2.24) is 4.90 Å². The molecule has 2 heterocycles. The van der Waals surface area contributed by atoms with Crippen molar-refractivity contribution in [2.75, 3.05) is 32.9 Å². The van der Waals surface area contributed by atoms with Gasteiger partial charge in [-0.1, -0.05) is 34.1 Å². The van der Waals surface area contributed by atoms with Crippen LogP contribution in [0.5, 0.6) is 5.75 Å². The van der Waals surface area contributed by atoms with Crippen molar-refractivity contribution < 1.29 is 23.4 Å². The van der Waals surface area contributed by atoms with Crippen molar-refractivity contribution >= 4 is 32.9 Å². The molecule has 31 heavy (non-hydrogen) atoms. The molecule has 2 aromatic carbocycles. The van der Waals surface area contributed by atoms with Gasteiger partial charge in [-0.05, 0) is 25.1 Å². The zero-order chi connectivity index (χ0) is 21.6. The Kier molecular flexibility index (Phi) is 7.27. The van der Waals surface area contributed by atoms with Gasteiger partial charge in [-0.15, -0.1) is 0 Å². The van der Waals surface area contributed by atoms with Crippen LogP contribution in [0.15, 0.2) is 51.6 Å². The molecule has 0 unspecified atom stereocenters. The van der Waals surface area contributed by atoms with Gasteiger partial charge < -0.3 is 18.6 Å². The van der Waals surface area contributed by atoms with E-state index in [1.54, 1.807) is 13.2 Å². The minimum Gasteiger partial charge on any atom is -0.488 e. The van der Waals surface area contributed by atoms with Crippen molar-refractivity contribution in [2.24, 2.45) is 0 Å². The molecule has 1 aromatic heterocycles. The number of rotatable bonds is 8. The molecule has 0 saturated carbocycles. The van der Waals surface area contributed by atoms with Gasteiger partial charge in [0.15, 0.2) is 0 Å². The lowest BCUT2D eigenvalue weighted by molar-refractivity contribution is -0.142. The quantitative estimate of drug-likeness (QED) is 0.428. The Hall–Kier alpha value is -2.35. The summed E-state index contributed by atoms with van der Waals surface area (Å²) in [6.45, 7) is 6.69. The maximum atomic E-state index is 11.9. The maximum absolute atomic E-state index is 11.9. The average Bonchev–Trinajstić information content (AvgIpc) is 3.17. The van der Waals surface area contributed by atoms with E-state index in [2.05, 4.69) is 33.0 Å². The van der Waals surface area contributed by atoms with Crippen LogP contribution in [-0.2, 0) is 33.8 Å². The summed E-state index contributed by atoms with van der Waals surface area (Å²) < 4.78 is 23.6. The lowest BCUT2D eigenvalue weighted by atomic mass is 10.1. The van der Waals surface area contributed by atoms with Crippen LogP contribution in [0.1, 0.15) is 23.6 Å². The first-order valence-electron chi connectivity index (χ1n) is 10.5. The topological polar surface area (TPSA) is 61.1 Å². The van der Waals surface area contributed by atoms with Crippen LogP contribution < -0.4 is 4.74 Å². The van der Waals surface area contributed by atoms with Gasteiger partial charge in [0.2, 0.25) is 0 Å². The third-order valence-electron chi connectivity index (χ3n) is 5.29. The van der Waals surface area contributed by atoms with Gasteiger partial charge in [0.1, 0.15) is 17.9 Å². The lowest BCUT2D eigenvalue weighted by Crippen LogP contribution is -2.35. The highest BCUT2D eigenvalue weighted by Crippen LogP contribution is 2.31. The second kappa shape index (κ2) is 10.3. The van der Waals surface area contributed by atoms with Crippen LogP contribution in [0, 0.1) is 0 Å². The molecule has 1 aliphatic heterocycles. The molecule has 0 aliphatic carbocycles. The fourth-order valence-electron chi connectivity index (χ4n) is 3.76. The van der Waals surface area contributed by atoms with E-state index in [-0.39, 0.29) is 12.4 Å². The summed E-state index contributed by atoms with van der Waals surface area (Å²) in [5, 5.41) is 1.03. The summed E-state index contributed by atoms with van der Waals surface area (Å²) in [6.07, 6.45) is 1.94. The summed E-state index contributed by atoms with van der Waals surface area (Å²) in [6, 6.07) is 11.7. The minimum atomic E-state index is -0.260. The van der Waals surface area contributed by atoms with Crippen LogP contribution in [0.4, 0.5) is 0 Å². The highest BCUT2D eigenvalue weighted by Gasteiger charge is 2.17. The molecular weight excluding hydrogens is 462 g/mol. The van der Waals surface area contributed by atoms with E-state index >= 15 is 0 Å². The molecule has 0 spiro atoms. The first-order chi connectivity index (χ1) is 15.1. The summed E-state index contributed by atoms with van der Waals surface area (Å²) in [5.41, 5.74) is 3.79. The fraction of sp³-hybridized carbons (Fsp3) is 0.375. The van der Waals surface area contributed by atoms with Crippen molar-refractivity contribution in [3.8, 4) is 5.75 Å². The number of carbonyl (C=O) groups excluding carboxylic acids is 1. The normalized spacial score (nSPS) is 14.6. The van der Waals surface area contributed by atoms with E-state index in [1.807, 2.05) is 24.3 Å². The smallest absolute Gasteiger partial charge is 0.310 e. The summed E-state index contributed by atoms with van der Waals surface area (Å²) >= 11 is 3.64. The van der Waals surface area contributed by atoms with Crippen LogP contribution in [-0.4, -0.2) is 43.8 Å². The number of carbonyl (C=O) groups is 1. The number of esters is 1. The number of fused-ring (bicyclic) bond motifs is 1. The highest BCUT2D eigenvalue weighted by molar-refractivity contribution is 9.10. The fourth-order valence-corrected chi connectivity index (χ4v) is 4.27. The first-order valence-corrected chi connectivity index (χ1v) is 11.3. The molecule has 1 fully saturated rings. The molecule has 1 aliphatic rings. The number of ether oxygens (including phenoxy) is 3. The maximum Gasteiger partial charge on any atom is 0.310 e. The van der Waals surface area contributed by atoms with E-state index < -0.39 is 0 Å². The van der Waals surface area contributed by atoms with Crippen molar-refractivity contribution in [3.05, 3.63) is 63.8 Å². The molecule has 164 valence electrons. The van der Waals surface area contributed by atoms with Crippen molar-refractivity contribution in [3.63, 3.8) is 0 Å². The number of hydrogen-bond acceptors (Lipinski definition) is 6. The van der Waals surface area contributed by atoms with E-state index in [0.29, 0.717) is 19.0 Å². The van der Waals surface area contributed by atoms with Gasteiger partial charge in [0, 0.05) is 46.2 Å². The predicted molar refractivity (Wildman–Crippen MR) is 121 cm³/mol. The Balaban J connectivity index is 1.52. The molecule has 0 N–H and O–H groups in total. The van der Waals surface area contributed by atoms with Crippen LogP contribution >= 0.6 is 15.9 Å². The number of furan rings is 1. The average molecular weight is 488 g/mol. The predicted octanol–water partition coefficient (Wildman–Crippen LogP) is 4.71. The number of para-hydroxylation sites is 1. The highest BCUT2D eigenvalue weighted by atomic mass is 79.9. The molecule has 0 atom stereocenters. The lowest BCUT2D eigenvalue weighted by Gasteiger charge is -2.26. The van der Waals surface area contributed by atoms with Gasteiger partial charge in [-0.25, -0.2) is 0 Å². The molecular formula is C24H26BrNO5. The van der Waals surface area contributed by atoms with Crippen LogP contribution in [0.2, 0.25) is 0 Å². The number of morpholine rings is 1. The molecule has 6 nitrogen and oxygen atoms in total. The first kappa shape index (κ1) is 21.9. The Bertz CT molecular complexity index is 1040. The second-order valence-electron chi connectivity index (χ2n) is 7.47. The van der Waals surface area contributed by atoms with Gasteiger partial charge in [0.25, 0.3) is 0 Å². The third kappa shape index (κ3) is 5.47. The van der Waals surface area contributed by atoms with Crippen LogP contribution in [0.25, 0.3) is 11.0 Å². The van der Waals surface area contributed by atoms with E-state index in [0.717, 1.165) is 65.0 Å². The Morgan fingerprint density at radius 2 is 1.94 bits per heavy atom. The molecule has 7 heteroatoms. The largest absolute Gasteiger partial charge is 0.488 e. The zero-order valence-electron chi connectivity index (χ0n) is 17.6. The van der Waals surface area contributed by atoms with E-state index in [1.165, 1.54) is 0 Å². The monoisotopic (exact) mass is 487 g/mol. The number of halogens is 1. The van der Waals surface area contributed by atoms with E-state index in [4.69, 9.17) is 18.6 Å². The molecule has 4 rings (SSSR count). The summed E-state index contributed by atoms with van der Waals surface area (Å²) in [5.74, 6) is 0.414. The Labute approximate surface area is 190 Å². The number of hydrogen-bond donors (Lipinski definition) is 0. The van der Waals surface area contributed by atoms with Gasteiger partial charge in [-0.2, -0.15) is 0 Å². The van der Waals surface area contributed by atoms with Gasteiger partial charge >= 0.3 is 5.97 Å². The standard InChI is InChI=1S/C24H26BrNO5/c1-2-29-23(27)12-17-5-3-4-6-22(17)30-15-19-16-31-24-18(11-20(25)13-21(19)24)14-26-7-9-28-10-8-26/h3-6,11,13,16H,2,7-10,12,14-15H2,1H3. The Morgan fingerprint density at radius 3 is 2.74 bits per heavy atom. The molecule has 0 amide bonds. The van der Waals surface area contributed by atoms with Gasteiger partial charge in [0.05, 0.1) is 32.5 Å². The van der Waals surface area contributed by atoms with Crippen molar-refractivity contribution in [2.45, 2.75) is 26.5 Å². The molecule has 1 saturated heterocycles. The van der Waals surface area contributed by atoms with Crippen LogP contribution in [0.3, 0.4) is 0 Å². The second-order valence-corrected chi connectivity index (χ2v) is 8.38. The number of benzene rings is 2. The molecule has 0 bridgehead atoms. The summed E-state index contributed by atoms with van der Waals surface area (Å²) in [4.78, 5) is 14.3. The SMILES string of the molecule is CCOC(=O)Cc1ccccc1OCc1coc2c(CN3CCOCC3)cc(Br)cc12. The van der Waals surface area contributed by atoms with E-state index in [9.17, 15) is 4.79 Å². The molecule has 0 radical (unpaired) electrons. The zero-order valence-corrected chi connectivity index (χ0v) is 19.2. The summed E-state index contributed by atoms with van der Waals surface area (Å²) in [7, 11) is 0. The minimum absolute atomic E-state index is 0.186. The van der Waals surface area contributed by atoms with Crippen molar-refractivity contribution in [1.29, 1.82) is 0 Å². The third-order valence-corrected chi connectivity index (χ3v) is 5.75. The Morgan fingerprint density at radius 1 is 1.13 bits per heavy atom. The number of nitrogens with zero attached hydrogens (tertiary/aromatic N) is 1.